The van der Waals surface area contributed by atoms with E-state index in [1.165, 1.54) is 16.5 Å². The maximum Gasteiger partial charge on any atom is 0.0826 e. The first-order valence-corrected chi connectivity index (χ1v) is 6.90. The molecule has 102 valence electrons. The van der Waals surface area contributed by atoms with Crippen molar-refractivity contribution < 1.29 is 4.74 Å². The molecule has 1 aliphatic rings. The summed E-state index contributed by atoms with van der Waals surface area (Å²) < 4.78 is 5.74. The number of nitrogens with one attached hydrogen (secondary N) is 2. The molecule has 2 aromatic rings. The lowest BCUT2D eigenvalue weighted by Crippen LogP contribution is -2.45. The van der Waals surface area contributed by atoms with Crippen molar-refractivity contribution >= 4 is 10.9 Å². The molecule has 0 amide bonds. The van der Waals surface area contributed by atoms with E-state index in [0.717, 1.165) is 32.8 Å². The highest BCUT2D eigenvalue weighted by atomic mass is 16.5. The Hall–Kier alpha value is -1.36. The van der Waals surface area contributed by atoms with Gasteiger partial charge in [0.2, 0.25) is 0 Å². The van der Waals surface area contributed by atoms with Crippen molar-refractivity contribution in [2.45, 2.75) is 12.6 Å². The first kappa shape index (κ1) is 12.7. The number of rotatable bonds is 4. The summed E-state index contributed by atoms with van der Waals surface area (Å²) in [4.78, 5) is 5.82. The molecule has 19 heavy (non-hydrogen) atoms. The standard InChI is InChI=1S/C15H21N3O/c1-16-9-13-11-18(6-7-19-13)10-12-8-17-15-5-3-2-4-14(12)15/h2-5,8,13,16-17H,6-7,9-11H2,1H3. The Morgan fingerprint density at radius 2 is 2.32 bits per heavy atom. The highest BCUT2D eigenvalue weighted by Gasteiger charge is 2.20. The molecule has 1 aliphatic heterocycles. The Labute approximate surface area is 113 Å². The second kappa shape index (κ2) is 5.74. The summed E-state index contributed by atoms with van der Waals surface area (Å²) in [6, 6.07) is 8.48. The fourth-order valence-corrected chi connectivity index (χ4v) is 2.78. The molecule has 1 atom stereocenters. The van der Waals surface area contributed by atoms with Crippen molar-refractivity contribution in [2.24, 2.45) is 0 Å². The van der Waals surface area contributed by atoms with Crippen LogP contribution in [0.3, 0.4) is 0 Å². The summed E-state index contributed by atoms with van der Waals surface area (Å²) in [6.07, 6.45) is 2.44. The zero-order chi connectivity index (χ0) is 13.1. The van der Waals surface area contributed by atoms with Crippen molar-refractivity contribution in [3.8, 4) is 0 Å². The number of morpholine rings is 1. The molecule has 2 N–H and O–H groups in total. The third-order valence-corrected chi connectivity index (χ3v) is 3.72. The zero-order valence-corrected chi connectivity index (χ0v) is 11.4. The SMILES string of the molecule is CNCC1CN(Cc2c[nH]c3ccccc23)CCO1. The summed E-state index contributed by atoms with van der Waals surface area (Å²) in [7, 11) is 1.97. The van der Waals surface area contributed by atoms with Gasteiger partial charge in [-0.2, -0.15) is 0 Å². The number of hydrogen-bond donors (Lipinski definition) is 2. The van der Waals surface area contributed by atoms with Gasteiger partial charge in [0.1, 0.15) is 0 Å². The molecule has 4 nitrogen and oxygen atoms in total. The minimum atomic E-state index is 0.309. The molecule has 3 rings (SSSR count). The second-order valence-corrected chi connectivity index (χ2v) is 5.15. The molecule has 0 aliphatic carbocycles. The van der Waals surface area contributed by atoms with Gasteiger partial charge in [0.05, 0.1) is 12.7 Å². The van der Waals surface area contributed by atoms with Gasteiger partial charge in [-0.15, -0.1) is 0 Å². The predicted molar refractivity (Wildman–Crippen MR) is 77.2 cm³/mol. The molecular formula is C15H21N3O. The highest BCUT2D eigenvalue weighted by molar-refractivity contribution is 5.82. The fourth-order valence-electron chi connectivity index (χ4n) is 2.78. The summed E-state index contributed by atoms with van der Waals surface area (Å²) in [5, 5.41) is 4.52. The number of fused-ring (bicyclic) bond motifs is 1. The van der Waals surface area contributed by atoms with Crippen LogP contribution in [0.15, 0.2) is 30.5 Å². The third kappa shape index (κ3) is 2.81. The van der Waals surface area contributed by atoms with Crippen molar-refractivity contribution in [3.05, 3.63) is 36.0 Å². The van der Waals surface area contributed by atoms with E-state index in [1.807, 2.05) is 7.05 Å². The van der Waals surface area contributed by atoms with Crippen LogP contribution in [0.2, 0.25) is 0 Å². The van der Waals surface area contributed by atoms with Gasteiger partial charge in [-0.25, -0.2) is 0 Å². The minimum Gasteiger partial charge on any atom is -0.374 e. The lowest BCUT2D eigenvalue weighted by atomic mass is 10.1. The Morgan fingerprint density at radius 1 is 1.42 bits per heavy atom. The number of H-pyrrole nitrogens is 1. The summed E-state index contributed by atoms with van der Waals surface area (Å²) in [5.41, 5.74) is 2.60. The van der Waals surface area contributed by atoms with Crippen LogP contribution in [-0.4, -0.2) is 49.3 Å². The van der Waals surface area contributed by atoms with Gasteiger partial charge in [-0.05, 0) is 18.7 Å². The molecule has 0 bridgehead atoms. The Bertz CT molecular complexity index is 535. The van der Waals surface area contributed by atoms with Gasteiger partial charge in [0.15, 0.2) is 0 Å². The minimum absolute atomic E-state index is 0.309. The van der Waals surface area contributed by atoms with Gasteiger partial charge in [0, 0.05) is 43.3 Å². The average Bonchev–Trinajstić information content (AvgIpc) is 2.83. The van der Waals surface area contributed by atoms with Crippen LogP contribution in [-0.2, 0) is 11.3 Å². The van der Waals surface area contributed by atoms with Crippen molar-refractivity contribution in [1.29, 1.82) is 0 Å². The van der Waals surface area contributed by atoms with E-state index < -0.39 is 0 Å². The average molecular weight is 259 g/mol. The topological polar surface area (TPSA) is 40.3 Å². The van der Waals surface area contributed by atoms with Gasteiger partial charge < -0.3 is 15.0 Å². The normalized spacial score (nSPS) is 21.0. The molecule has 0 radical (unpaired) electrons. The number of ether oxygens (including phenoxy) is 1. The van der Waals surface area contributed by atoms with Crippen molar-refractivity contribution in [3.63, 3.8) is 0 Å². The maximum atomic E-state index is 5.74. The number of nitrogens with zero attached hydrogens (tertiary/aromatic N) is 1. The summed E-state index contributed by atoms with van der Waals surface area (Å²) in [5.74, 6) is 0. The number of aromatic nitrogens is 1. The Morgan fingerprint density at radius 3 is 3.21 bits per heavy atom. The number of hydrogen-bond acceptors (Lipinski definition) is 3. The first-order chi connectivity index (χ1) is 9.36. The first-order valence-electron chi connectivity index (χ1n) is 6.90. The van der Waals surface area contributed by atoms with E-state index in [0.29, 0.717) is 6.10 Å². The third-order valence-electron chi connectivity index (χ3n) is 3.72. The molecule has 1 aromatic carbocycles. The van der Waals surface area contributed by atoms with Crippen LogP contribution >= 0.6 is 0 Å². The van der Waals surface area contributed by atoms with Gasteiger partial charge in [0.25, 0.3) is 0 Å². The molecule has 4 heteroatoms. The van der Waals surface area contributed by atoms with Crippen LogP contribution in [0.4, 0.5) is 0 Å². The molecule has 0 spiro atoms. The molecule has 1 saturated heterocycles. The summed E-state index contributed by atoms with van der Waals surface area (Å²) in [6.45, 7) is 4.76. The van der Waals surface area contributed by atoms with E-state index in [9.17, 15) is 0 Å². The highest BCUT2D eigenvalue weighted by Crippen LogP contribution is 2.20. The molecule has 1 unspecified atom stereocenters. The molecule has 1 fully saturated rings. The largest absolute Gasteiger partial charge is 0.374 e. The van der Waals surface area contributed by atoms with Gasteiger partial charge in [-0.1, -0.05) is 18.2 Å². The summed E-state index contributed by atoms with van der Waals surface area (Å²) >= 11 is 0. The van der Waals surface area contributed by atoms with Crippen LogP contribution in [0.1, 0.15) is 5.56 Å². The smallest absolute Gasteiger partial charge is 0.0826 e. The van der Waals surface area contributed by atoms with Gasteiger partial charge >= 0.3 is 0 Å². The molecule has 0 saturated carbocycles. The molecule has 1 aromatic heterocycles. The lowest BCUT2D eigenvalue weighted by Gasteiger charge is -2.32. The molecule has 2 heterocycles. The van der Waals surface area contributed by atoms with Crippen LogP contribution < -0.4 is 5.32 Å². The van der Waals surface area contributed by atoms with Gasteiger partial charge in [-0.3, -0.25) is 4.90 Å². The molecular weight excluding hydrogens is 238 g/mol. The number of benzene rings is 1. The number of para-hydroxylation sites is 1. The second-order valence-electron chi connectivity index (χ2n) is 5.15. The van der Waals surface area contributed by atoms with Crippen molar-refractivity contribution in [1.82, 2.24) is 15.2 Å². The maximum absolute atomic E-state index is 5.74. The van der Waals surface area contributed by atoms with Crippen LogP contribution in [0.25, 0.3) is 10.9 Å². The van der Waals surface area contributed by atoms with E-state index in [4.69, 9.17) is 4.74 Å². The lowest BCUT2D eigenvalue weighted by molar-refractivity contribution is -0.0290. The number of likely N-dealkylation sites (N-methyl/N-ethyl adjacent to an activating group) is 1. The van der Waals surface area contributed by atoms with E-state index >= 15 is 0 Å². The predicted octanol–water partition coefficient (Wildman–Crippen LogP) is 1.59. The quantitative estimate of drug-likeness (QED) is 0.876. The Kier molecular flexibility index (Phi) is 3.82. The fraction of sp³-hybridized carbons (Fsp3) is 0.467. The monoisotopic (exact) mass is 259 g/mol. The van der Waals surface area contributed by atoms with Crippen LogP contribution in [0, 0.1) is 0 Å². The van der Waals surface area contributed by atoms with E-state index in [2.05, 4.69) is 45.7 Å². The van der Waals surface area contributed by atoms with E-state index in [1.54, 1.807) is 0 Å². The van der Waals surface area contributed by atoms with Crippen molar-refractivity contribution in [2.75, 3.05) is 33.3 Å². The number of aromatic amines is 1. The zero-order valence-electron chi connectivity index (χ0n) is 11.4. The Balaban J connectivity index is 1.70. The van der Waals surface area contributed by atoms with Crippen LogP contribution in [0.5, 0.6) is 0 Å². The van der Waals surface area contributed by atoms with E-state index in [-0.39, 0.29) is 0 Å².